The van der Waals surface area contributed by atoms with Crippen LogP contribution < -0.4 is 10.1 Å². The van der Waals surface area contributed by atoms with E-state index in [2.05, 4.69) is 10.3 Å². The molecule has 3 rings (SSSR count). The van der Waals surface area contributed by atoms with Crippen molar-refractivity contribution in [1.82, 2.24) is 10.3 Å². The average molecular weight is 408 g/mol. The maximum atomic E-state index is 13.0. The molecule has 2 atom stereocenters. The van der Waals surface area contributed by atoms with Gasteiger partial charge in [0.15, 0.2) is 0 Å². The van der Waals surface area contributed by atoms with Gasteiger partial charge in [-0.1, -0.05) is 6.08 Å². The number of ether oxygens (including phenoxy) is 1. The zero-order valence-corrected chi connectivity index (χ0v) is 16.2. The fraction of sp³-hybridized carbons (Fsp3) is 0.429. The lowest BCUT2D eigenvalue weighted by Gasteiger charge is -2.24. The van der Waals surface area contributed by atoms with Gasteiger partial charge >= 0.3 is 6.18 Å². The predicted molar refractivity (Wildman–Crippen MR) is 104 cm³/mol. The molecule has 0 radical (unpaired) electrons. The Bertz CT molecular complexity index is 941. The van der Waals surface area contributed by atoms with Crippen LogP contribution in [0.15, 0.2) is 30.5 Å². The molecule has 1 aliphatic rings. The quantitative estimate of drug-likeness (QED) is 0.782. The van der Waals surface area contributed by atoms with Gasteiger partial charge < -0.3 is 15.2 Å². The molecule has 0 aliphatic heterocycles. The first-order chi connectivity index (χ1) is 13.7. The number of nitrogens with zero attached hydrogens (tertiary/aromatic N) is 1. The van der Waals surface area contributed by atoms with Crippen molar-refractivity contribution in [2.24, 2.45) is 5.92 Å². The molecule has 0 saturated carbocycles. The first kappa shape index (κ1) is 21.1. The Kier molecular flexibility index (Phi) is 6.12. The second-order valence-corrected chi connectivity index (χ2v) is 7.27. The number of aliphatic hydroxyl groups excluding tert-OH is 1. The van der Waals surface area contributed by atoms with Crippen LogP contribution >= 0.6 is 0 Å². The third-order valence-electron chi connectivity index (χ3n) is 5.13. The minimum atomic E-state index is -4.19. The Hall–Kier alpha value is -2.61. The van der Waals surface area contributed by atoms with Crippen molar-refractivity contribution < 1.29 is 27.8 Å². The topological polar surface area (TPSA) is 71.5 Å². The van der Waals surface area contributed by atoms with Gasteiger partial charge in [0.2, 0.25) is 0 Å². The number of allylic oxidation sites excluding steroid dienone is 2. The van der Waals surface area contributed by atoms with Gasteiger partial charge in [-0.2, -0.15) is 13.2 Å². The van der Waals surface area contributed by atoms with Crippen LogP contribution in [-0.4, -0.2) is 41.9 Å². The highest BCUT2D eigenvalue weighted by Crippen LogP contribution is 2.41. The third-order valence-corrected chi connectivity index (χ3v) is 5.13. The minimum Gasteiger partial charge on any atom is -0.497 e. The molecule has 1 heterocycles. The Morgan fingerprint density at radius 2 is 2.14 bits per heavy atom. The van der Waals surface area contributed by atoms with Gasteiger partial charge in [-0.25, -0.2) is 0 Å². The van der Waals surface area contributed by atoms with E-state index < -0.39 is 18.1 Å². The summed E-state index contributed by atoms with van der Waals surface area (Å²) in [4.78, 5) is 16.7. The standard InChI is InChI=1S/C21H23F3N2O3/c1-12(11-27)26-20(28)15-7-14-8-17(29-2)9-18(19(14)25-10-15)13-3-5-16(6-4-13)21(22,23)24/h3,7-10,12,16,27H,4-6,11H2,1-2H3,(H,26,28)/t12-,16?/m1/s1. The summed E-state index contributed by atoms with van der Waals surface area (Å²) in [5, 5.41) is 12.4. The van der Waals surface area contributed by atoms with Gasteiger partial charge in [0.25, 0.3) is 5.91 Å². The van der Waals surface area contributed by atoms with Gasteiger partial charge in [-0.3, -0.25) is 9.78 Å². The highest BCUT2D eigenvalue weighted by atomic mass is 19.4. The van der Waals surface area contributed by atoms with E-state index in [4.69, 9.17) is 9.84 Å². The number of rotatable bonds is 5. The number of methoxy groups -OCH3 is 1. The van der Waals surface area contributed by atoms with E-state index in [9.17, 15) is 18.0 Å². The molecule has 156 valence electrons. The molecule has 1 aliphatic carbocycles. The number of carbonyl (C=O) groups is 1. The van der Waals surface area contributed by atoms with Crippen molar-refractivity contribution >= 4 is 22.4 Å². The summed E-state index contributed by atoms with van der Waals surface area (Å²) in [7, 11) is 1.51. The van der Waals surface area contributed by atoms with Crippen LogP contribution in [0.4, 0.5) is 13.2 Å². The number of halogens is 3. The first-order valence-corrected chi connectivity index (χ1v) is 9.38. The van der Waals surface area contributed by atoms with E-state index in [0.29, 0.717) is 28.6 Å². The normalized spacial score (nSPS) is 18.3. The lowest BCUT2D eigenvalue weighted by Crippen LogP contribution is -2.35. The molecular formula is C21H23F3N2O3. The number of amides is 1. The summed E-state index contributed by atoms with van der Waals surface area (Å²) in [6.45, 7) is 1.50. The lowest BCUT2D eigenvalue weighted by atomic mass is 9.85. The molecular weight excluding hydrogens is 385 g/mol. The number of carbonyl (C=O) groups excluding carboxylic acids is 1. The number of benzene rings is 1. The summed E-state index contributed by atoms with van der Waals surface area (Å²) >= 11 is 0. The molecule has 1 aromatic heterocycles. The number of alkyl halides is 3. The van der Waals surface area contributed by atoms with Gasteiger partial charge in [0.1, 0.15) is 5.75 Å². The number of aliphatic hydroxyl groups is 1. The van der Waals surface area contributed by atoms with E-state index in [1.165, 1.54) is 13.3 Å². The van der Waals surface area contributed by atoms with Crippen molar-refractivity contribution in [2.75, 3.05) is 13.7 Å². The maximum Gasteiger partial charge on any atom is 0.392 e. The molecule has 2 aromatic rings. The highest BCUT2D eigenvalue weighted by Gasteiger charge is 2.39. The second kappa shape index (κ2) is 8.41. The highest BCUT2D eigenvalue weighted by molar-refractivity contribution is 6.00. The number of aromatic nitrogens is 1. The number of pyridine rings is 1. The summed E-state index contributed by atoms with van der Waals surface area (Å²) in [6.07, 6.45) is -0.861. The molecule has 1 aromatic carbocycles. The summed E-state index contributed by atoms with van der Waals surface area (Å²) < 4.78 is 44.2. The molecule has 8 heteroatoms. The van der Waals surface area contributed by atoms with Crippen molar-refractivity contribution in [2.45, 2.75) is 38.4 Å². The molecule has 0 bridgehead atoms. The van der Waals surface area contributed by atoms with E-state index in [0.717, 1.165) is 11.1 Å². The molecule has 1 amide bonds. The monoisotopic (exact) mass is 408 g/mol. The van der Waals surface area contributed by atoms with E-state index in [1.54, 1.807) is 31.2 Å². The number of hydrogen-bond acceptors (Lipinski definition) is 4. The fourth-order valence-corrected chi connectivity index (χ4v) is 3.44. The largest absolute Gasteiger partial charge is 0.497 e. The van der Waals surface area contributed by atoms with Crippen LogP contribution in [0.5, 0.6) is 5.75 Å². The second-order valence-electron chi connectivity index (χ2n) is 7.27. The van der Waals surface area contributed by atoms with E-state index >= 15 is 0 Å². The zero-order valence-electron chi connectivity index (χ0n) is 16.2. The van der Waals surface area contributed by atoms with Crippen LogP contribution in [-0.2, 0) is 0 Å². The van der Waals surface area contributed by atoms with Crippen LogP contribution in [0.1, 0.15) is 42.1 Å². The van der Waals surface area contributed by atoms with Crippen molar-refractivity contribution in [3.63, 3.8) is 0 Å². The van der Waals surface area contributed by atoms with Crippen LogP contribution in [0, 0.1) is 5.92 Å². The van der Waals surface area contributed by atoms with E-state index in [1.807, 2.05) is 0 Å². The van der Waals surface area contributed by atoms with Gasteiger partial charge in [0.05, 0.1) is 30.7 Å². The van der Waals surface area contributed by atoms with Gasteiger partial charge in [-0.05, 0) is 50.0 Å². The Morgan fingerprint density at radius 3 is 2.72 bits per heavy atom. The summed E-state index contributed by atoms with van der Waals surface area (Å²) in [5.74, 6) is -1.15. The van der Waals surface area contributed by atoms with Crippen LogP contribution in [0.25, 0.3) is 16.5 Å². The van der Waals surface area contributed by atoms with Crippen molar-refractivity contribution in [3.8, 4) is 5.75 Å². The van der Waals surface area contributed by atoms with Gasteiger partial charge in [-0.15, -0.1) is 0 Å². The third kappa shape index (κ3) is 4.70. The number of fused-ring (bicyclic) bond motifs is 1. The predicted octanol–water partition coefficient (Wildman–Crippen LogP) is 4.10. The van der Waals surface area contributed by atoms with Crippen molar-refractivity contribution in [1.29, 1.82) is 0 Å². The maximum absolute atomic E-state index is 13.0. The van der Waals surface area contributed by atoms with Crippen LogP contribution in [0.3, 0.4) is 0 Å². The Morgan fingerprint density at radius 1 is 1.38 bits per heavy atom. The molecule has 5 nitrogen and oxygen atoms in total. The summed E-state index contributed by atoms with van der Waals surface area (Å²) in [5.41, 5.74) is 2.45. The molecule has 0 spiro atoms. The van der Waals surface area contributed by atoms with Gasteiger partial charge in [0, 0.05) is 23.2 Å². The minimum absolute atomic E-state index is 0.0353. The molecule has 1 unspecified atom stereocenters. The Labute approximate surface area is 166 Å². The van der Waals surface area contributed by atoms with E-state index in [-0.39, 0.29) is 25.4 Å². The average Bonchev–Trinajstić information content (AvgIpc) is 2.71. The van der Waals surface area contributed by atoms with Crippen molar-refractivity contribution in [3.05, 3.63) is 41.6 Å². The number of hydrogen-bond donors (Lipinski definition) is 2. The molecule has 0 fully saturated rings. The Balaban J connectivity index is 1.98. The molecule has 29 heavy (non-hydrogen) atoms. The molecule has 2 N–H and O–H groups in total. The SMILES string of the molecule is COc1cc(C2=CCC(C(F)(F)F)CC2)c2ncc(C(=O)N[C@H](C)CO)cc2c1. The summed E-state index contributed by atoms with van der Waals surface area (Å²) in [6, 6.07) is 4.77. The number of nitrogens with one attached hydrogen (secondary N) is 1. The lowest BCUT2D eigenvalue weighted by molar-refractivity contribution is -0.175. The zero-order chi connectivity index (χ0) is 21.2. The first-order valence-electron chi connectivity index (χ1n) is 9.38. The van der Waals surface area contributed by atoms with Crippen LogP contribution in [0.2, 0.25) is 0 Å². The molecule has 0 saturated heterocycles. The fourth-order valence-electron chi connectivity index (χ4n) is 3.44. The smallest absolute Gasteiger partial charge is 0.392 e.